The van der Waals surface area contributed by atoms with Crippen molar-refractivity contribution in [2.45, 2.75) is 45.6 Å². The van der Waals surface area contributed by atoms with Crippen LogP contribution in [-0.2, 0) is 6.54 Å². The van der Waals surface area contributed by atoms with E-state index in [9.17, 15) is 0 Å². The average Bonchev–Trinajstić information content (AvgIpc) is 2.76. The van der Waals surface area contributed by atoms with Crippen LogP contribution >= 0.6 is 11.3 Å². The van der Waals surface area contributed by atoms with Crippen LogP contribution in [0.15, 0.2) is 0 Å². The molecular formula is C13H21N3S. The number of nitrogens with one attached hydrogen (secondary N) is 1. The molecular weight excluding hydrogens is 230 g/mol. The van der Waals surface area contributed by atoms with Crippen molar-refractivity contribution >= 4 is 11.3 Å². The first-order chi connectivity index (χ1) is 8.22. The predicted octanol–water partition coefficient (Wildman–Crippen LogP) is 2.80. The van der Waals surface area contributed by atoms with Crippen molar-refractivity contribution in [1.29, 1.82) is 0 Å². The molecule has 2 atom stereocenters. The zero-order valence-corrected chi connectivity index (χ0v) is 11.5. The summed E-state index contributed by atoms with van der Waals surface area (Å²) in [6.07, 6.45) is 4.23. The summed E-state index contributed by atoms with van der Waals surface area (Å²) in [5.74, 6) is 3.50. The molecule has 2 fully saturated rings. The van der Waals surface area contributed by atoms with Crippen LogP contribution < -0.4 is 5.32 Å². The third-order valence-electron chi connectivity index (χ3n) is 3.90. The maximum Gasteiger partial charge on any atom is 0.131 e. The lowest BCUT2D eigenvalue weighted by Gasteiger charge is -2.06. The summed E-state index contributed by atoms with van der Waals surface area (Å²) in [6.45, 7) is 6.39. The Balaban J connectivity index is 1.51. The van der Waals surface area contributed by atoms with Gasteiger partial charge in [-0.2, -0.15) is 0 Å². The molecule has 2 saturated carbocycles. The fraction of sp³-hybridized carbons (Fsp3) is 0.846. The highest BCUT2D eigenvalue weighted by atomic mass is 32.1. The normalized spacial score (nSPS) is 30.9. The van der Waals surface area contributed by atoms with Gasteiger partial charge in [-0.3, -0.25) is 0 Å². The summed E-state index contributed by atoms with van der Waals surface area (Å²) in [6, 6.07) is 0. The molecule has 3 rings (SSSR count). The van der Waals surface area contributed by atoms with Gasteiger partial charge in [0.2, 0.25) is 0 Å². The van der Waals surface area contributed by atoms with Gasteiger partial charge in [-0.1, -0.05) is 25.2 Å². The Hall–Kier alpha value is -0.480. The molecule has 2 unspecified atom stereocenters. The number of aromatic nitrogens is 2. The minimum Gasteiger partial charge on any atom is -0.310 e. The lowest BCUT2D eigenvalue weighted by atomic mass is 10.1. The molecule has 0 saturated heterocycles. The molecule has 1 aromatic heterocycles. The first kappa shape index (κ1) is 11.6. The lowest BCUT2D eigenvalue weighted by molar-refractivity contribution is 0.550. The molecule has 1 heterocycles. The molecule has 1 N–H and O–H groups in total. The minimum atomic E-state index is 0.698. The van der Waals surface area contributed by atoms with Crippen LogP contribution in [0.3, 0.4) is 0 Å². The number of nitrogens with zero attached hydrogens (tertiary/aromatic N) is 2. The van der Waals surface area contributed by atoms with Gasteiger partial charge in [0.05, 0.1) is 0 Å². The van der Waals surface area contributed by atoms with E-state index in [2.05, 4.69) is 29.4 Å². The van der Waals surface area contributed by atoms with Gasteiger partial charge >= 0.3 is 0 Å². The minimum absolute atomic E-state index is 0.698. The van der Waals surface area contributed by atoms with Crippen LogP contribution in [0, 0.1) is 17.8 Å². The van der Waals surface area contributed by atoms with E-state index in [-0.39, 0.29) is 0 Å². The third-order valence-corrected chi connectivity index (χ3v) is 4.99. The van der Waals surface area contributed by atoms with E-state index in [4.69, 9.17) is 0 Å². The summed E-state index contributed by atoms with van der Waals surface area (Å²) >= 11 is 1.82. The van der Waals surface area contributed by atoms with Crippen LogP contribution in [0.1, 0.15) is 49.0 Å². The Kier molecular flexibility index (Phi) is 3.17. The highest BCUT2D eigenvalue weighted by Gasteiger charge is 2.47. The quantitative estimate of drug-likeness (QED) is 0.874. The Bertz CT molecular complexity index is 378. The molecule has 0 spiro atoms. The second-order valence-corrected chi connectivity index (χ2v) is 7.08. The summed E-state index contributed by atoms with van der Waals surface area (Å²) in [5.41, 5.74) is 0. The Labute approximate surface area is 107 Å². The standard InChI is InChI=1S/C13H21N3S/c1-8(2)6-14-7-12-15-16-13(17-12)11-4-9-3-10(9)5-11/h8-11,14H,3-7H2,1-2H3. The van der Waals surface area contributed by atoms with Crippen molar-refractivity contribution in [3.8, 4) is 0 Å². The SMILES string of the molecule is CC(C)CNCc1nnc(C2CC3CC3C2)s1. The van der Waals surface area contributed by atoms with Crippen LogP contribution in [0.5, 0.6) is 0 Å². The van der Waals surface area contributed by atoms with E-state index in [0.29, 0.717) is 5.92 Å². The largest absolute Gasteiger partial charge is 0.310 e. The van der Waals surface area contributed by atoms with Gasteiger partial charge in [-0.05, 0) is 43.6 Å². The van der Waals surface area contributed by atoms with E-state index < -0.39 is 0 Å². The molecule has 0 bridgehead atoms. The highest BCUT2D eigenvalue weighted by Crippen LogP contribution is 2.57. The van der Waals surface area contributed by atoms with E-state index >= 15 is 0 Å². The van der Waals surface area contributed by atoms with Gasteiger partial charge in [-0.15, -0.1) is 10.2 Å². The van der Waals surface area contributed by atoms with Crippen molar-refractivity contribution in [3.63, 3.8) is 0 Å². The Morgan fingerprint density at radius 2 is 2.00 bits per heavy atom. The molecule has 3 nitrogen and oxygen atoms in total. The monoisotopic (exact) mass is 251 g/mol. The van der Waals surface area contributed by atoms with Crippen molar-refractivity contribution in [2.24, 2.45) is 17.8 Å². The van der Waals surface area contributed by atoms with Crippen molar-refractivity contribution in [2.75, 3.05) is 6.54 Å². The lowest BCUT2D eigenvalue weighted by Crippen LogP contribution is -2.18. The van der Waals surface area contributed by atoms with E-state index in [1.54, 1.807) is 0 Å². The smallest absolute Gasteiger partial charge is 0.131 e. The molecule has 0 radical (unpaired) electrons. The second kappa shape index (κ2) is 4.65. The number of hydrogen-bond acceptors (Lipinski definition) is 4. The molecule has 0 aliphatic heterocycles. The van der Waals surface area contributed by atoms with E-state index in [1.165, 1.54) is 24.3 Å². The summed E-state index contributed by atoms with van der Waals surface area (Å²) in [5, 5.41) is 14.6. The van der Waals surface area contributed by atoms with Gasteiger partial charge in [0.1, 0.15) is 10.0 Å². The van der Waals surface area contributed by atoms with E-state index in [0.717, 1.165) is 35.9 Å². The molecule has 94 valence electrons. The summed E-state index contributed by atoms with van der Waals surface area (Å²) in [4.78, 5) is 0. The van der Waals surface area contributed by atoms with E-state index in [1.807, 2.05) is 11.3 Å². The summed E-state index contributed by atoms with van der Waals surface area (Å²) < 4.78 is 0. The first-order valence-corrected chi connectivity index (χ1v) is 7.57. The predicted molar refractivity (Wildman–Crippen MR) is 70.0 cm³/mol. The second-order valence-electron chi connectivity index (χ2n) is 5.98. The van der Waals surface area contributed by atoms with Crippen molar-refractivity contribution < 1.29 is 0 Å². The average molecular weight is 251 g/mol. The van der Waals surface area contributed by atoms with Gasteiger partial charge in [0.15, 0.2) is 0 Å². The van der Waals surface area contributed by atoms with Crippen molar-refractivity contribution in [3.05, 3.63) is 10.0 Å². The number of hydrogen-bond donors (Lipinski definition) is 1. The van der Waals surface area contributed by atoms with Crippen LogP contribution in [0.2, 0.25) is 0 Å². The molecule has 2 aliphatic carbocycles. The fourth-order valence-corrected chi connectivity index (χ4v) is 3.83. The van der Waals surface area contributed by atoms with Crippen LogP contribution in [-0.4, -0.2) is 16.7 Å². The molecule has 0 amide bonds. The van der Waals surface area contributed by atoms with Crippen LogP contribution in [0.4, 0.5) is 0 Å². The Morgan fingerprint density at radius 1 is 1.24 bits per heavy atom. The maximum atomic E-state index is 4.38. The third kappa shape index (κ3) is 2.68. The topological polar surface area (TPSA) is 37.8 Å². The van der Waals surface area contributed by atoms with Crippen LogP contribution in [0.25, 0.3) is 0 Å². The van der Waals surface area contributed by atoms with Gasteiger partial charge in [0.25, 0.3) is 0 Å². The molecule has 17 heavy (non-hydrogen) atoms. The van der Waals surface area contributed by atoms with Gasteiger partial charge in [-0.25, -0.2) is 0 Å². The first-order valence-electron chi connectivity index (χ1n) is 6.75. The highest BCUT2D eigenvalue weighted by molar-refractivity contribution is 7.11. The summed E-state index contributed by atoms with van der Waals surface area (Å²) in [7, 11) is 0. The zero-order valence-electron chi connectivity index (χ0n) is 10.6. The van der Waals surface area contributed by atoms with Gasteiger partial charge in [0, 0.05) is 12.5 Å². The molecule has 4 heteroatoms. The molecule has 2 aliphatic rings. The molecule has 1 aromatic rings. The fourth-order valence-electron chi connectivity index (χ4n) is 2.89. The molecule has 0 aromatic carbocycles. The maximum absolute atomic E-state index is 4.38. The Morgan fingerprint density at radius 3 is 2.71 bits per heavy atom. The number of fused-ring (bicyclic) bond motifs is 1. The van der Waals surface area contributed by atoms with Gasteiger partial charge < -0.3 is 5.32 Å². The number of rotatable bonds is 5. The van der Waals surface area contributed by atoms with Crippen molar-refractivity contribution in [1.82, 2.24) is 15.5 Å². The zero-order chi connectivity index (χ0) is 11.8.